The summed E-state index contributed by atoms with van der Waals surface area (Å²) in [5.74, 6) is 0. The molecule has 0 aliphatic rings. The molecule has 3 aromatic carbocycles. The molecule has 0 spiro atoms. The van der Waals surface area contributed by atoms with Gasteiger partial charge in [-0.05, 0) is 54.1 Å². The first-order chi connectivity index (χ1) is 12.0. The Bertz CT molecular complexity index is 891. The normalized spacial score (nSPS) is 10.4. The zero-order valence-corrected chi connectivity index (χ0v) is 15.2. The van der Waals surface area contributed by atoms with E-state index in [1.54, 1.807) is 48.5 Å². The number of carbonyl (C=O) groups is 1. The number of rotatable bonds is 3. The van der Waals surface area contributed by atoms with E-state index >= 15 is 0 Å². The summed E-state index contributed by atoms with van der Waals surface area (Å²) >= 11 is 18.3. The highest BCUT2D eigenvalue weighted by atomic mass is 35.5. The molecular formula is C19H13Cl3N2O. The first-order valence-corrected chi connectivity index (χ1v) is 8.54. The average Bonchev–Trinajstić information content (AvgIpc) is 2.57. The van der Waals surface area contributed by atoms with Crippen LogP contribution >= 0.6 is 34.8 Å². The molecule has 0 fully saturated rings. The summed E-state index contributed by atoms with van der Waals surface area (Å²) in [6.45, 7) is 0. The Hall–Kier alpha value is -2.20. The molecule has 0 saturated carbocycles. The minimum atomic E-state index is -0.357. The minimum absolute atomic E-state index is 0.357. The average molecular weight is 392 g/mol. The maximum Gasteiger partial charge on any atom is 0.323 e. The predicted molar refractivity (Wildman–Crippen MR) is 106 cm³/mol. The van der Waals surface area contributed by atoms with E-state index < -0.39 is 0 Å². The van der Waals surface area contributed by atoms with Gasteiger partial charge in [0.2, 0.25) is 0 Å². The number of halogens is 3. The second kappa shape index (κ2) is 7.79. The Morgan fingerprint density at radius 2 is 1.32 bits per heavy atom. The molecule has 0 bridgehead atoms. The van der Waals surface area contributed by atoms with Crippen molar-refractivity contribution in [1.29, 1.82) is 0 Å². The molecule has 0 aliphatic carbocycles. The van der Waals surface area contributed by atoms with E-state index in [1.165, 1.54) is 0 Å². The number of carbonyl (C=O) groups excluding carboxylic acids is 1. The quantitative estimate of drug-likeness (QED) is 0.498. The van der Waals surface area contributed by atoms with Crippen LogP contribution in [0.25, 0.3) is 11.1 Å². The van der Waals surface area contributed by atoms with Crippen molar-refractivity contribution in [2.24, 2.45) is 0 Å². The zero-order valence-electron chi connectivity index (χ0n) is 12.9. The minimum Gasteiger partial charge on any atom is -0.308 e. The number of hydrogen-bond donors (Lipinski definition) is 2. The van der Waals surface area contributed by atoms with Crippen molar-refractivity contribution >= 4 is 52.2 Å². The van der Waals surface area contributed by atoms with Gasteiger partial charge in [-0.2, -0.15) is 0 Å². The molecule has 3 nitrogen and oxygen atoms in total. The molecule has 126 valence electrons. The van der Waals surface area contributed by atoms with Gasteiger partial charge in [-0.1, -0.05) is 53.0 Å². The molecule has 6 heteroatoms. The van der Waals surface area contributed by atoms with Gasteiger partial charge < -0.3 is 10.6 Å². The number of anilines is 2. The van der Waals surface area contributed by atoms with E-state index in [-0.39, 0.29) is 6.03 Å². The topological polar surface area (TPSA) is 41.1 Å². The maximum absolute atomic E-state index is 12.1. The fourth-order valence-corrected chi connectivity index (χ4v) is 3.09. The van der Waals surface area contributed by atoms with Gasteiger partial charge in [0.05, 0.1) is 0 Å². The third-order valence-electron chi connectivity index (χ3n) is 3.47. The van der Waals surface area contributed by atoms with Gasteiger partial charge in [-0.3, -0.25) is 0 Å². The van der Waals surface area contributed by atoms with Crippen LogP contribution in [0.4, 0.5) is 16.2 Å². The Kier molecular flexibility index (Phi) is 5.49. The van der Waals surface area contributed by atoms with Gasteiger partial charge in [-0.25, -0.2) is 4.79 Å². The van der Waals surface area contributed by atoms with E-state index in [0.29, 0.717) is 26.4 Å². The molecule has 0 aliphatic heterocycles. The lowest BCUT2D eigenvalue weighted by Gasteiger charge is -2.11. The third kappa shape index (κ3) is 4.45. The van der Waals surface area contributed by atoms with E-state index in [0.717, 1.165) is 11.1 Å². The molecule has 2 amide bonds. The summed E-state index contributed by atoms with van der Waals surface area (Å²) in [4.78, 5) is 12.1. The molecule has 0 heterocycles. The van der Waals surface area contributed by atoms with Crippen molar-refractivity contribution in [3.63, 3.8) is 0 Å². The highest BCUT2D eigenvalue weighted by Crippen LogP contribution is 2.35. The standard InChI is InChI=1S/C19H13Cl3N2O/c20-13-7-9-14(10-8-13)23-19(25)24-15-4-1-3-12(11-15)18-16(21)5-2-6-17(18)22/h1-11H,(H2,23,24,25). The lowest BCUT2D eigenvalue weighted by Crippen LogP contribution is -2.19. The summed E-state index contributed by atoms with van der Waals surface area (Å²) in [5, 5.41) is 7.23. The number of amides is 2. The number of urea groups is 1. The van der Waals surface area contributed by atoms with Crippen LogP contribution in [-0.4, -0.2) is 6.03 Å². The van der Waals surface area contributed by atoms with Crippen molar-refractivity contribution in [3.05, 3.63) is 81.8 Å². The SMILES string of the molecule is O=C(Nc1ccc(Cl)cc1)Nc1cccc(-c2c(Cl)cccc2Cl)c1. The second-order valence-electron chi connectivity index (χ2n) is 5.26. The summed E-state index contributed by atoms with van der Waals surface area (Å²) < 4.78 is 0. The summed E-state index contributed by atoms with van der Waals surface area (Å²) in [6.07, 6.45) is 0. The number of hydrogen-bond acceptors (Lipinski definition) is 1. The van der Waals surface area contributed by atoms with Crippen molar-refractivity contribution in [2.75, 3.05) is 10.6 Å². The van der Waals surface area contributed by atoms with E-state index in [2.05, 4.69) is 10.6 Å². The van der Waals surface area contributed by atoms with Gasteiger partial charge in [0, 0.05) is 32.0 Å². The van der Waals surface area contributed by atoms with Crippen LogP contribution in [0, 0.1) is 0 Å². The number of benzene rings is 3. The summed E-state index contributed by atoms with van der Waals surface area (Å²) in [5.41, 5.74) is 2.82. The van der Waals surface area contributed by atoms with E-state index in [9.17, 15) is 4.79 Å². The molecule has 0 atom stereocenters. The van der Waals surface area contributed by atoms with Gasteiger partial charge >= 0.3 is 6.03 Å². The van der Waals surface area contributed by atoms with Gasteiger partial charge in [0.15, 0.2) is 0 Å². The van der Waals surface area contributed by atoms with E-state index in [4.69, 9.17) is 34.8 Å². The second-order valence-corrected chi connectivity index (χ2v) is 6.51. The maximum atomic E-state index is 12.1. The van der Waals surface area contributed by atoms with Crippen LogP contribution < -0.4 is 10.6 Å². The largest absolute Gasteiger partial charge is 0.323 e. The molecule has 3 rings (SSSR count). The van der Waals surface area contributed by atoms with Gasteiger partial charge in [0.25, 0.3) is 0 Å². The van der Waals surface area contributed by atoms with Gasteiger partial charge in [0.1, 0.15) is 0 Å². The summed E-state index contributed by atoms with van der Waals surface area (Å²) in [7, 11) is 0. The van der Waals surface area contributed by atoms with Crippen molar-refractivity contribution in [2.45, 2.75) is 0 Å². The molecule has 25 heavy (non-hydrogen) atoms. The Labute approximate surface area is 160 Å². The third-order valence-corrected chi connectivity index (χ3v) is 4.36. The molecule has 0 unspecified atom stereocenters. The Morgan fingerprint density at radius 3 is 2.00 bits per heavy atom. The monoisotopic (exact) mass is 390 g/mol. The highest BCUT2D eigenvalue weighted by Gasteiger charge is 2.10. The molecule has 0 radical (unpaired) electrons. The van der Waals surface area contributed by atoms with Crippen LogP contribution in [0.2, 0.25) is 15.1 Å². The molecule has 3 aromatic rings. The fourth-order valence-electron chi connectivity index (χ4n) is 2.35. The Morgan fingerprint density at radius 1 is 0.720 bits per heavy atom. The van der Waals surface area contributed by atoms with Crippen LogP contribution in [0.3, 0.4) is 0 Å². The van der Waals surface area contributed by atoms with Crippen LogP contribution in [0.1, 0.15) is 0 Å². The van der Waals surface area contributed by atoms with Crippen molar-refractivity contribution in [1.82, 2.24) is 0 Å². The molecular weight excluding hydrogens is 379 g/mol. The number of nitrogens with one attached hydrogen (secondary N) is 2. The van der Waals surface area contributed by atoms with Crippen LogP contribution in [0.5, 0.6) is 0 Å². The zero-order chi connectivity index (χ0) is 17.8. The van der Waals surface area contributed by atoms with Gasteiger partial charge in [-0.15, -0.1) is 0 Å². The molecule has 0 saturated heterocycles. The lowest BCUT2D eigenvalue weighted by molar-refractivity contribution is 0.262. The van der Waals surface area contributed by atoms with E-state index in [1.807, 2.05) is 18.2 Å². The highest BCUT2D eigenvalue weighted by molar-refractivity contribution is 6.39. The lowest BCUT2D eigenvalue weighted by atomic mass is 10.0. The first-order valence-electron chi connectivity index (χ1n) is 7.41. The fraction of sp³-hybridized carbons (Fsp3) is 0. The molecule has 2 N–H and O–H groups in total. The van der Waals surface area contributed by atoms with Crippen molar-refractivity contribution < 1.29 is 4.79 Å². The smallest absolute Gasteiger partial charge is 0.308 e. The predicted octanol–water partition coefficient (Wildman–Crippen LogP) is 6.96. The first kappa shape index (κ1) is 17.6. The van der Waals surface area contributed by atoms with Crippen LogP contribution in [0.15, 0.2) is 66.7 Å². The van der Waals surface area contributed by atoms with Crippen molar-refractivity contribution in [3.8, 4) is 11.1 Å². The Balaban J connectivity index is 1.78. The van der Waals surface area contributed by atoms with Crippen LogP contribution in [-0.2, 0) is 0 Å². The molecule has 0 aromatic heterocycles. The summed E-state index contributed by atoms with van der Waals surface area (Å²) in [6, 6.07) is 19.1.